The predicted molar refractivity (Wildman–Crippen MR) is 94.1 cm³/mol. The molecule has 0 spiro atoms. The van der Waals surface area contributed by atoms with E-state index in [4.69, 9.17) is 0 Å². The third-order valence-corrected chi connectivity index (χ3v) is 4.28. The molecule has 0 unspecified atom stereocenters. The van der Waals surface area contributed by atoms with Crippen molar-refractivity contribution in [1.82, 2.24) is 20.9 Å². The lowest BCUT2D eigenvalue weighted by molar-refractivity contribution is 0.0872. The summed E-state index contributed by atoms with van der Waals surface area (Å²) in [6.45, 7) is 9.98. The van der Waals surface area contributed by atoms with Crippen LogP contribution in [0.3, 0.4) is 0 Å². The molecule has 1 aromatic rings. The number of Topliss-reactive ketones (excluding diaryl/α,β-unsaturated/α-hetero) is 1. The van der Waals surface area contributed by atoms with Crippen molar-refractivity contribution in [2.24, 2.45) is 5.41 Å². The normalized spacial score (nSPS) is 20.7. The van der Waals surface area contributed by atoms with E-state index in [1.54, 1.807) is 12.3 Å². The van der Waals surface area contributed by atoms with E-state index in [-0.39, 0.29) is 17.2 Å². The fraction of sp³-hybridized carbons (Fsp3) is 0.611. The van der Waals surface area contributed by atoms with Gasteiger partial charge in [0.2, 0.25) is 0 Å². The Hall–Kier alpha value is -1.95. The maximum atomic E-state index is 12.9. The molecule has 0 saturated carbocycles. The molecule has 6 nitrogen and oxygen atoms in total. The second kappa shape index (κ2) is 7.30. The highest BCUT2D eigenvalue weighted by Crippen LogP contribution is 2.21. The third-order valence-electron chi connectivity index (χ3n) is 4.28. The number of hydrogen-bond acceptors (Lipinski definition) is 4. The number of amides is 2. The number of carbonyl (C=O) groups excluding carboxylic acids is 2. The van der Waals surface area contributed by atoms with Crippen LogP contribution in [-0.4, -0.2) is 42.0 Å². The molecule has 1 aromatic heterocycles. The zero-order valence-corrected chi connectivity index (χ0v) is 15.0. The van der Waals surface area contributed by atoms with E-state index >= 15 is 0 Å². The van der Waals surface area contributed by atoms with Gasteiger partial charge in [0.05, 0.1) is 0 Å². The molecule has 2 amide bonds. The Bertz CT molecular complexity index is 584. The fourth-order valence-electron chi connectivity index (χ4n) is 2.74. The molecule has 0 aliphatic carbocycles. The molecular formula is C18H28N4O2. The van der Waals surface area contributed by atoms with Gasteiger partial charge < -0.3 is 16.0 Å². The lowest BCUT2D eigenvalue weighted by atomic mass is 9.89. The third kappa shape index (κ3) is 4.77. The van der Waals surface area contributed by atoms with Crippen LogP contribution in [0.15, 0.2) is 18.3 Å². The van der Waals surface area contributed by atoms with Crippen LogP contribution in [0.2, 0.25) is 0 Å². The van der Waals surface area contributed by atoms with Gasteiger partial charge in [-0.05, 0) is 43.9 Å². The first-order valence-corrected chi connectivity index (χ1v) is 8.46. The van der Waals surface area contributed by atoms with E-state index in [1.807, 2.05) is 13.0 Å². The molecule has 2 heterocycles. The number of pyridine rings is 1. The Kier molecular flexibility index (Phi) is 5.59. The Morgan fingerprint density at radius 3 is 2.62 bits per heavy atom. The quantitative estimate of drug-likeness (QED) is 0.721. The van der Waals surface area contributed by atoms with Crippen molar-refractivity contribution in [3.8, 4) is 0 Å². The maximum Gasteiger partial charge on any atom is 0.315 e. The van der Waals surface area contributed by atoms with Gasteiger partial charge in [-0.1, -0.05) is 20.8 Å². The summed E-state index contributed by atoms with van der Waals surface area (Å²) < 4.78 is 0. The van der Waals surface area contributed by atoms with Crippen LogP contribution in [-0.2, 0) is 0 Å². The maximum absolute atomic E-state index is 12.9. The summed E-state index contributed by atoms with van der Waals surface area (Å²) in [6, 6.07) is 3.28. The topological polar surface area (TPSA) is 83.1 Å². The summed E-state index contributed by atoms with van der Waals surface area (Å²) in [5.74, 6) is -0.0917. The molecular weight excluding hydrogens is 304 g/mol. The molecule has 0 radical (unpaired) electrons. The minimum atomic E-state index is -0.900. The molecule has 24 heavy (non-hydrogen) atoms. The first-order valence-electron chi connectivity index (χ1n) is 8.46. The molecule has 0 aromatic carbocycles. The van der Waals surface area contributed by atoms with E-state index in [9.17, 15) is 9.59 Å². The van der Waals surface area contributed by atoms with Gasteiger partial charge in [-0.15, -0.1) is 0 Å². The first-order chi connectivity index (χ1) is 11.2. The van der Waals surface area contributed by atoms with Crippen molar-refractivity contribution in [3.05, 3.63) is 29.6 Å². The van der Waals surface area contributed by atoms with Crippen LogP contribution in [0.4, 0.5) is 4.79 Å². The molecule has 132 valence electrons. The Labute approximate surface area is 143 Å². The summed E-state index contributed by atoms with van der Waals surface area (Å²) in [4.78, 5) is 29.4. The lowest BCUT2D eigenvalue weighted by Crippen LogP contribution is -2.58. The van der Waals surface area contributed by atoms with Crippen LogP contribution in [0.5, 0.6) is 0 Å². The molecule has 3 N–H and O–H groups in total. The van der Waals surface area contributed by atoms with Gasteiger partial charge in [0.15, 0.2) is 5.78 Å². The van der Waals surface area contributed by atoms with Gasteiger partial charge >= 0.3 is 6.03 Å². The van der Waals surface area contributed by atoms with Crippen LogP contribution in [0, 0.1) is 12.3 Å². The number of rotatable bonds is 5. The smallest absolute Gasteiger partial charge is 0.315 e. The number of ketones is 1. The zero-order valence-electron chi connectivity index (χ0n) is 15.0. The highest BCUT2D eigenvalue weighted by molar-refractivity contribution is 6.05. The standard InChI is InChI=1S/C18H28N4O2/c1-13-5-6-14(11-21-13)15(23)18(8-9-19-12-18)22-16(24)20-10-7-17(2,3)4/h5-6,11,19H,7-10,12H2,1-4H3,(H2,20,22,24)/t18-/m1/s1. The van der Waals surface area contributed by atoms with Crippen molar-refractivity contribution in [2.75, 3.05) is 19.6 Å². The number of aromatic nitrogens is 1. The van der Waals surface area contributed by atoms with Crippen molar-refractivity contribution in [2.45, 2.75) is 46.1 Å². The van der Waals surface area contributed by atoms with Crippen LogP contribution >= 0.6 is 0 Å². The van der Waals surface area contributed by atoms with E-state index in [0.717, 1.165) is 12.1 Å². The fourth-order valence-corrected chi connectivity index (χ4v) is 2.74. The minimum Gasteiger partial charge on any atom is -0.338 e. The molecule has 0 bridgehead atoms. The minimum absolute atomic E-state index is 0.0917. The average Bonchev–Trinajstić information content (AvgIpc) is 2.95. The van der Waals surface area contributed by atoms with Crippen molar-refractivity contribution < 1.29 is 9.59 Å². The van der Waals surface area contributed by atoms with E-state index < -0.39 is 5.54 Å². The van der Waals surface area contributed by atoms with E-state index in [2.05, 4.69) is 41.7 Å². The monoisotopic (exact) mass is 332 g/mol. The summed E-state index contributed by atoms with van der Waals surface area (Å²) in [6.07, 6.45) is 3.03. The second-order valence-corrected chi connectivity index (χ2v) is 7.72. The summed E-state index contributed by atoms with van der Waals surface area (Å²) in [5, 5.41) is 8.94. The molecule has 1 aliphatic rings. The van der Waals surface area contributed by atoms with E-state index in [0.29, 0.717) is 31.6 Å². The van der Waals surface area contributed by atoms with Gasteiger partial charge in [0.1, 0.15) is 5.54 Å². The number of aryl methyl sites for hydroxylation is 1. The molecule has 1 aliphatic heterocycles. The first kappa shape index (κ1) is 18.4. The SMILES string of the molecule is Cc1ccc(C(=O)[C@@]2(NC(=O)NCCC(C)(C)C)CCNC2)cn1. The molecule has 1 fully saturated rings. The van der Waals surface area contributed by atoms with Crippen LogP contribution in [0.25, 0.3) is 0 Å². The molecule has 2 rings (SSSR count). The van der Waals surface area contributed by atoms with E-state index in [1.165, 1.54) is 0 Å². The Morgan fingerprint density at radius 2 is 2.08 bits per heavy atom. The van der Waals surface area contributed by atoms with Crippen molar-refractivity contribution >= 4 is 11.8 Å². The van der Waals surface area contributed by atoms with Crippen LogP contribution < -0.4 is 16.0 Å². The van der Waals surface area contributed by atoms with Gasteiger partial charge in [-0.25, -0.2) is 4.79 Å². The Balaban J connectivity index is 2.03. The highest BCUT2D eigenvalue weighted by Gasteiger charge is 2.43. The molecule has 1 saturated heterocycles. The lowest BCUT2D eigenvalue weighted by Gasteiger charge is -2.28. The van der Waals surface area contributed by atoms with Gasteiger partial charge in [-0.2, -0.15) is 0 Å². The largest absolute Gasteiger partial charge is 0.338 e. The Morgan fingerprint density at radius 1 is 1.33 bits per heavy atom. The van der Waals surface area contributed by atoms with Gasteiger partial charge in [-0.3, -0.25) is 9.78 Å². The summed E-state index contributed by atoms with van der Waals surface area (Å²) >= 11 is 0. The average molecular weight is 332 g/mol. The highest BCUT2D eigenvalue weighted by atomic mass is 16.2. The number of nitrogens with zero attached hydrogens (tertiary/aromatic N) is 1. The van der Waals surface area contributed by atoms with Gasteiger partial charge in [0, 0.05) is 30.5 Å². The summed E-state index contributed by atoms with van der Waals surface area (Å²) in [7, 11) is 0. The number of hydrogen-bond donors (Lipinski definition) is 3. The predicted octanol–water partition coefficient (Wildman–Crippen LogP) is 2.04. The van der Waals surface area contributed by atoms with Crippen LogP contribution in [0.1, 0.15) is 49.7 Å². The number of carbonyl (C=O) groups is 2. The molecule has 6 heteroatoms. The molecule has 1 atom stereocenters. The van der Waals surface area contributed by atoms with Gasteiger partial charge in [0.25, 0.3) is 0 Å². The van der Waals surface area contributed by atoms with Crippen molar-refractivity contribution in [3.63, 3.8) is 0 Å². The second-order valence-electron chi connectivity index (χ2n) is 7.72. The summed E-state index contributed by atoms with van der Waals surface area (Å²) in [5.41, 5.74) is 0.642. The van der Waals surface area contributed by atoms with Crippen molar-refractivity contribution in [1.29, 1.82) is 0 Å². The number of nitrogens with one attached hydrogen (secondary N) is 3. The number of urea groups is 1. The zero-order chi connectivity index (χ0) is 17.8.